The van der Waals surface area contributed by atoms with Crippen molar-refractivity contribution in [3.63, 3.8) is 0 Å². The number of rotatable bonds is 3. The van der Waals surface area contributed by atoms with Gasteiger partial charge in [0.2, 0.25) is 5.91 Å². The number of thiol groups is 1. The maximum absolute atomic E-state index is 10.6. The summed E-state index contributed by atoms with van der Waals surface area (Å²) >= 11 is 3.79. The van der Waals surface area contributed by atoms with Crippen molar-refractivity contribution in [1.82, 2.24) is 5.32 Å². The molecule has 0 bridgehead atoms. The molecule has 0 aromatic rings. The van der Waals surface area contributed by atoms with Gasteiger partial charge in [0.05, 0.1) is 5.25 Å². The second-order valence-electron chi connectivity index (χ2n) is 1.79. The molecule has 0 radical (unpaired) electrons. The molecule has 4 nitrogen and oxygen atoms in total. The number of carboxylic acid groups (broad SMARTS) is 1. The van der Waals surface area contributed by atoms with Crippen molar-refractivity contribution in [3.8, 4) is 0 Å². The van der Waals surface area contributed by atoms with Gasteiger partial charge in [0, 0.05) is 0 Å². The Morgan fingerprint density at radius 1 is 1.64 bits per heavy atom. The molecule has 2 N–H and O–H groups in total. The second-order valence-corrected chi connectivity index (χ2v) is 2.56. The Labute approximate surface area is 92.4 Å². The van der Waals surface area contributed by atoms with E-state index in [2.05, 4.69) is 17.9 Å². The Morgan fingerprint density at radius 2 is 2.09 bits per heavy atom. The Bertz CT molecular complexity index is 151. The van der Waals surface area contributed by atoms with E-state index in [-0.39, 0.29) is 42.0 Å². The van der Waals surface area contributed by atoms with E-state index in [4.69, 9.17) is 5.11 Å². The van der Waals surface area contributed by atoms with Crippen LogP contribution in [0.4, 0.5) is 0 Å². The summed E-state index contributed by atoms with van der Waals surface area (Å²) in [5, 5.41) is 9.81. The molecule has 0 fully saturated rings. The van der Waals surface area contributed by atoms with Crippen LogP contribution in [0.25, 0.3) is 0 Å². The summed E-state index contributed by atoms with van der Waals surface area (Å²) in [6.45, 7) is 1.23. The van der Waals surface area contributed by atoms with E-state index in [0.717, 1.165) is 0 Å². The standard InChI is InChI=1S/C5H9NO3S.Na.H/c1-3(10)5(9)6-2-4(7)8;;/h3,10H,2H2,1H3,(H,6,9)(H,7,8);;/t3-;;/m1../s1. The molecule has 60 valence electrons. The van der Waals surface area contributed by atoms with Crippen molar-refractivity contribution in [3.05, 3.63) is 0 Å². The molecule has 0 aliphatic heterocycles. The SMILES string of the molecule is C[C@@H](S)C(=O)NCC(=O)O.[NaH]. The molecule has 1 atom stereocenters. The molecule has 0 unspecified atom stereocenters. The second kappa shape index (κ2) is 6.97. The molecule has 0 spiro atoms. The molecule has 0 rings (SSSR count). The van der Waals surface area contributed by atoms with Crippen molar-refractivity contribution < 1.29 is 14.7 Å². The molecule has 0 aromatic heterocycles. The van der Waals surface area contributed by atoms with Gasteiger partial charge in [-0.1, -0.05) is 0 Å². The Morgan fingerprint density at radius 3 is 2.36 bits per heavy atom. The van der Waals surface area contributed by atoms with Crippen molar-refractivity contribution in [2.45, 2.75) is 12.2 Å². The summed E-state index contributed by atoms with van der Waals surface area (Å²) in [5.74, 6) is -1.42. The minimum absolute atomic E-state index is 0. The molecule has 0 saturated heterocycles. The Balaban J connectivity index is 0. The molecule has 0 aliphatic carbocycles. The topological polar surface area (TPSA) is 66.4 Å². The van der Waals surface area contributed by atoms with Crippen molar-refractivity contribution in [2.24, 2.45) is 0 Å². The minimum atomic E-state index is -1.05. The summed E-state index contributed by atoms with van der Waals surface area (Å²) in [5.41, 5.74) is 0. The van der Waals surface area contributed by atoms with Crippen LogP contribution in [-0.4, -0.2) is 58.3 Å². The van der Waals surface area contributed by atoms with Gasteiger partial charge in [0.1, 0.15) is 6.54 Å². The third kappa shape index (κ3) is 8.19. The molecule has 0 aromatic carbocycles. The number of carbonyl (C=O) groups excluding carboxylic acids is 1. The molecular weight excluding hydrogens is 177 g/mol. The van der Waals surface area contributed by atoms with E-state index < -0.39 is 11.2 Å². The van der Waals surface area contributed by atoms with E-state index >= 15 is 0 Å². The average Bonchev–Trinajstić information content (AvgIpc) is 1.82. The van der Waals surface area contributed by atoms with Gasteiger partial charge in [-0.05, 0) is 6.92 Å². The van der Waals surface area contributed by atoms with Crippen molar-refractivity contribution >= 4 is 54.1 Å². The van der Waals surface area contributed by atoms with Crippen LogP contribution in [0.5, 0.6) is 0 Å². The van der Waals surface area contributed by atoms with Crippen LogP contribution in [0, 0.1) is 0 Å². The molecule has 0 aliphatic rings. The number of carboxylic acids is 1. The van der Waals surface area contributed by atoms with Gasteiger partial charge in [0.15, 0.2) is 0 Å². The van der Waals surface area contributed by atoms with Crippen LogP contribution in [-0.2, 0) is 9.59 Å². The zero-order chi connectivity index (χ0) is 8.15. The van der Waals surface area contributed by atoms with E-state index in [9.17, 15) is 9.59 Å². The van der Waals surface area contributed by atoms with Gasteiger partial charge in [-0.25, -0.2) is 0 Å². The summed E-state index contributed by atoms with van der Waals surface area (Å²) < 4.78 is 0. The number of carbonyl (C=O) groups is 2. The first-order valence-corrected chi connectivity index (χ1v) is 3.23. The normalized spacial score (nSPS) is 11.1. The van der Waals surface area contributed by atoms with Gasteiger partial charge in [-0.15, -0.1) is 0 Å². The summed E-state index contributed by atoms with van der Waals surface area (Å²) in [6.07, 6.45) is 0. The molecule has 0 heterocycles. The predicted octanol–water partition coefficient (Wildman–Crippen LogP) is -1.14. The van der Waals surface area contributed by atoms with E-state index in [1.165, 1.54) is 0 Å². The van der Waals surface area contributed by atoms with Crippen LogP contribution >= 0.6 is 12.6 Å². The van der Waals surface area contributed by atoms with E-state index in [0.29, 0.717) is 0 Å². The van der Waals surface area contributed by atoms with Gasteiger partial charge < -0.3 is 10.4 Å². The average molecular weight is 187 g/mol. The fourth-order valence-electron chi connectivity index (χ4n) is 0.310. The van der Waals surface area contributed by atoms with Crippen LogP contribution in [0.1, 0.15) is 6.92 Å². The fraction of sp³-hybridized carbons (Fsp3) is 0.600. The van der Waals surface area contributed by atoms with Crippen LogP contribution < -0.4 is 5.32 Å². The third-order valence-corrected chi connectivity index (χ3v) is 1.03. The molecule has 0 saturated carbocycles. The zero-order valence-electron chi connectivity index (χ0n) is 5.50. The van der Waals surface area contributed by atoms with Gasteiger partial charge in [0.25, 0.3) is 0 Å². The maximum atomic E-state index is 10.6. The summed E-state index contributed by atoms with van der Waals surface area (Å²) in [4.78, 5) is 20.5. The van der Waals surface area contributed by atoms with Gasteiger partial charge >= 0.3 is 35.5 Å². The van der Waals surface area contributed by atoms with Gasteiger partial charge in [-0.2, -0.15) is 12.6 Å². The number of hydrogen-bond acceptors (Lipinski definition) is 3. The van der Waals surface area contributed by atoms with E-state index in [1.54, 1.807) is 6.92 Å². The van der Waals surface area contributed by atoms with Crippen molar-refractivity contribution in [1.29, 1.82) is 0 Å². The number of nitrogens with one attached hydrogen (secondary N) is 1. The molecule has 6 heteroatoms. The number of hydrogen-bond donors (Lipinski definition) is 3. The molecule has 11 heavy (non-hydrogen) atoms. The third-order valence-electron chi connectivity index (χ3n) is 0.793. The number of aliphatic carboxylic acids is 1. The summed E-state index contributed by atoms with van der Waals surface area (Å²) in [6, 6.07) is 0. The zero-order valence-corrected chi connectivity index (χ0v) is 6.39. The predicted molar refractivity (Wildman–Crippen MR) is 46.2 cm³/mol. The Hall–Kier alpha value is 0.290. The first-order valence-electron chi connectivity index (χ1n) is 2.71. The van der Waals surface area contributed by atoms with Crippen molar-refractivity contribution in [2.75, 3.05) is 6.54 Å². The monoisotopic (exact) mass is 187 g/mol. The summed E-state index contributed by atoms with van der Waals surface area (Å²) in [7, 11) is 0. The fourth-order valence-corrected chi connectivity index (χ4v) is 0.402. The van der Waals surface area contributed by atoms with Crippen LogP contribution in [0.3, 0.4) is 0 Å². The Kier molecular flexibility index (Phi) is 8.77. The molecule has 1 amide bonds. The van der Waals surface area contributed by atoms with Crippen LogP contribution in [0.15, 0.2) is 0 Å². The first-order chi connectivity index (χ1) is 4.54. The molecular formula is C5H10NNaO3S. The quantitative estimate of drug-likeness (QED) is 0.386. The van der Waals surface area contributed by atoms with Gasteiger partial charge in [-0.3, -0.25) is 9.59 Å². The first kappa shape index (κ1) is 13.9. The number of amides is 1. The van der Waals surface area contributed by atoms with Crippen LogP contribution in [0.2, 0.25) is 0 Å². The van der Waals surface area contributed by atoms with E-state index in [1.807, 2.05) is 0 Å².